The molecule has 1 aromatic heterocycles. The van der Waals surface area contributed by atoms with Gasteiger partial charge >= 0.3 is 0 Å². The number of likely N-dealkylation sites (N-methyl/N-ethyl adjacent to an activating group) is 1. The van der Waals surface area contributed by atoms with E-state index in [0.717, 1.165) is 25.4 Å². The van der Waals surface area contributed by atoms with Crippen molar-refractivity contribution in [3.8, 4) is 0 Å². The summed E-state index contributed by atoms with van der Waals surface area (Å²) in [7, 11) is 2.19. The third kappa shape index (κ3) is 6.15. The lowest BCUT2D eigenvalue weighted by Gasteiger charge is -2.24. The van der Waals surface area contributed by atoms with Crippen LogP contribution in [0.25, 0.3) is 0 Å². The molecule has 1 unspecified atom stereocenters. The van der Waals surface area contributed by atoms with Crippen molar-refractivity contribution < 1.29 is 4.42 Å². The molecule has 0 fully saturated rings. The Hall–Kier alpha value is -0.450. The fourth-order valence-corrected chi connectivity index (χ4v) is 2.19. The number of furan rings is 1. The first-order valence-electron chi connectivity index (χ1n) is 6.16. The maximum atomic E-state index is 5.26. The van der Waals surface area contributed by atoms with Gasteiger partial charge < -0.3 is 14.6 Å². The van der Waals surface area contributed by atoms with Gasteiger partial charge in [0.2, 0.25) is 0 Å². The van der Waals surface area contributed by atoms with Crippen molar-refractivity contribution in [3.05, 3.63) is 24.2 Å². The van der Waals surface area contributed by atoms with Crippen LogP contribution in [-0.2, 0) is 6.54 Å². The highest BCUT2D eigenvalue weighted by molar-refractivity contribution is 7.98. The van der Waals surface area contributed by atoms with Crippen molar-refractivity contribution in [1.82, 2.24) is 10.2 Å². The number of hydrogen-bond donors (Lipinski definition) is 1. The van der Waals surface area contributed by atoms with E-state index in [1.54, 1.807) is 6.26 Å². The minimum absolute atomic E-state index is 0.660. The second-order valence-electron chi connectivity index (χ2n) is 4.37. The predicted molar refractivity (Wildman–Crippen MR) is 75.5 cm³/mol. The van der Waals surface area contributed by atoms with E-state index in [0.29, 0.717) is 6.04 Å². The standard InChI is InChI=1S/C13H24N2OS/c1-12(6-10-17-3)15(2)8-7-14-11-13-5-4-9-16-13/h4-5,9,12,14H,6-8,10-11H2,1-3H3. The first kappa shape index (κ1) is 14.6. The van der Waals surface area contributed by atoms with E-state index >= 15 is 0 Å². The molecule has 1 rings (SSSR count). The van der Waals surface area contributed by atoms with Gasteiger partial charge in [0.05, 0.1) is 12.8 Å². The van der Waals surface area contributed by atoms with E-state index < -0.39 is 0 Å². The minimum atomic E-state index is 0.660. The number of hydrogen-bond acceptors (Lipinski definition) is 4. The molecule has 0 aromatic carbocycles. The maximum Gasteiger partial charge on any atom is 0.117 e. The molecule has 17 heavy (non-hydrogen) atoms. The molecular weight excluding hydrogens is 232 g/mol. The Morgan fingerprint density at radius 3 is 3.00 bits per heavy atom. The van der Waals surface area contributed by atoms with Gasteiger partial charge in [-0.05, 0) is 44.5 Å². The summed E-state index contributed by atoms with van der Waals surface area (Å²) >= 11 is 1.92. The molecule has 0 aliphatic heterocycles. The van der Waals surface area contributed by atoms with Gasteiger partial charge in [0.1, 0.15) is 5.76 Å². The Balaban J connectivity index is 2.05. The molecule has 4 heteroatoms. The molecule has 0 aliphatic carbocycles. The predicted octanol–water partition coefficient (Wildman–Crippen LogP) is 2.44. The van der Waals surface area contributed by atoms with E-state index in [-0.39, 0.29) is 0 Å². The zero-order valence-electron chi connectivity index (χ0n) is 11.1. The molecule has 0 aliphatic rings. The van der Waals surface area contributed by atoms with Gasteiger partial charge in [0, 0.05) is 19.1 Å². The number of nitrogens with zero attached hydrogens (tertiary/aromatic N) is 1. The van der Waals surface area contributed by atoms with Crippen LogP contribution in [-0.4, -0.2) is 43.1 Å². The van der Waals surface area contributed by atoms with Crippen LogP contribution in [0, 0.1) is 0 Å². The highest BCUT2D eigenvalue weighted by Crippen LogP contribution is 2.05. The van der Waals surface area contributed by atoms with Gasteiger partial charge in [-0.2, -0.15) is 11.8 Å². The van der Waals surface area contributed by atoms with Crippen LogP contribution in [0.4, 0.5) is 0 Å². The fourth-order valence-electron chi connectivity index (χ4n) is 1.61. The highest BCUT2D eigenvalue weighted by atomic mass is 32.2. The van der Waals surface area contributed by atoms with Gasteiger partial charge in [0.15, 0.2) is 0 Å². The summed E-state index contributed by atoms with van der Waals surface area (Å²) < 4.78 is 5.26. The van der Waals surface area contributed by atoms with Crippen LogP contribution in [0.3, 0.4) is 0 Å². The van der Waals surface area contributed by atoms with Crippen molar-refractivity contribution in [2.45, 2.75) is 25.9 Å². The van der Waals surface area contributed by atoms with E-state index in [1.165, 1.54) is 12.2 Å². The third-order valence-electron chi connectivity index (χ3n) is 3.01. The van der Waals surface area contributed by atoms with Crippen molar-refractivity contribution in [2.75, 3.05) is 32.1 Å². The van der Waals surface area contributed by atoms with E-state index in [9.17, 15) is 0 Å². The van der Waals surface area contributed by atoms with Gasteiger partial charge in [0.25, 0.3) is 0 Å². The molecule has 1 atom stereocenters. The van der Waals surface area contributed by atoms with Gasteiger partial charge in [-0.3, -0.25) is 0 Å². The molecule has 0 saturated carbocycles. The quantitative estimate of drug-likeness (QED) is 0.687. The van der Waals surface area contributed by atoms with Crippen LogP contribution in [0.2, 0.25) is 0 Å². The average molecular weight is 256 g/mol. The fraction of sp³-hybridized carbons (Fsp3) is 0.692. The summed E-state index contributed by atoms with van der Waals surface area (Å²) in [5, 5.41) is 3.39. The second kappa shape index (κ2) is 8.61. The van der Waals surface area contributed by atoms with Crippen LogP contribution < -0.4 is 5.32 Å². The smallest absolute Gasteiger partial charge is 0.117 e. The zero-order valence-corrected chi connectivity index (χ0v) is 11.9. The van der Waals surface area contributed by atoms with Crippen molar-refractivity contribution in [1.29, 1.82) is 0 Å². The Morgan fingerprint density at radius 2 is 2.35 bits per heavy atom. The van der Waals surface area contributed by atoms with E-state index in [2.05, 4.69) is 30.4 Å². The Kier molecular flexibility index (Phi) is 7.40. The van der Waals surface area contributed by atoms with E-state index in [4.69, 9.17) is 4.42 Å². The van der Waals surface area contributed by atoms with Crippen LogP contribution >= 0.6 is 11.8 Å². The topological polar surface area (TPSA) is 28.4 Å². The monoisotopic (exact) mass is 256 g/mol. The Morgan fingerprint density at radius 1 is 1.53 bits per heavy atom. The molecule has 98 valence electrons. The number of thioether (sulfide) groups is 1. The summed E-state index contributed by atoms with van der Waals surface area (Å²) in [5.74, 6) is 2.24. The third-order valence-corrected chi connectivity index (χ3v) is 3.66. The second-order valence-corrected chi connectivity index (χ2v) is 5.35. The molecular formula is C13H24N2OS. The molecule has 0 spiro atoms. The maximum absolute atomic E-state index is 5.26. The lowest BCUT2D eigenvalue weighted by molar-refractivity contribution is 0.252. The Labute approximate surface area is 109 Å². The molecule has 3 nitrogen and oxygen atoms in total. The van der Waals surface area contributed by atoms with Gasteiger partial charge in [-0.1, -0.05) is 0 Å². The van der Waals surface area contributed by atoms with Crippen molar-refractivity contribution in [3.63, 3.8) is 0 Å². The SMILES string of the molecule is CSCCC(C)N(C)CCNCc1ccco1. The highest BCUT2D eigenvalue weighted by Gasteiger charge is 2.07. The Bertz CT molecular complexity index is 277. The van der Waals surface area contributed by atoms with Crippen LogP contribution in [0.5, 0.6) is 0 Å². The summed E-state index contributed by atoms with van der Waals surface area (Å²) in [6.45, 7) is 5.19. The number of nitrogens with one attached hydrogen (secondary N) is 1. The first-order chi connectivity index (χ1) is 8.24. The molecule has 0 radical (unpaired) electrons. The van der Waals surface area contributed by atoms with Gasteiger partial charge in [-0.15, -0.1) is 0 Å². The molecule has 1 N–H and O–H groups in total. The first-order valence-corrected chi connectivity index (χ1v) is 7.55. The lowest BCUT2D eigenvalue weighted by Crippen LogP contribution is -2.35. The van der Waals surface area contributed by atoms with Crippen LogP contribution in [0.15, 0.2) is 22.8 Å². The molecule has 0 saturated heterocycles. The molecule has 1 aromatic rings. The minimum Gasteiger partial charge on any atom is -0.468 e. The normalized spacial score (nSPS) is 13.2. The summed E-state index contributed by atoms with van der Waals surface area (Å²) in [6, 6.07) is 4.58. The summed E-state index contributed by atoms with van der Waals surface area (Å²) in [4.78, 5) is 2.41. The zero-order chi connectivity index (χ0) is 12.5. The summed E-state index contributed by atoms with van der Waals surface area (Å²) in [5.41, 5.74) is 0. The summed E-state index contributed by atoms with van der Waals surface area (Å²) in [6.07, 6.45) is 5.14. The van der Waals surface area contributed by atoms with Crippen molar-refractivity contribution >= 4 is 11.8 Å². The number of rotatable bonds is 9. The lowest BCUT2D eigenvalue weighted by atomic mass is 10.2. The van der Waals surface area contributed by atoms with Crippen molar-refractivity contribution in [2.24, 2.45) is 0 Å². The van der Waals surface area contributed by atoms with Crippen LogP contribution in [0.1, 0.15) is 19.1 Å². The molecule has 1 heterocycles. The van der Waals surface area contributed by atoms with E-state index in [1.807, 2.05) is 23.9 Å². The average Bonchev–Trinajstić information content (AvgIpc) is 2.84. The van der Waals surface area contributed by atoms with Gasteiger partial charge in [-0.25, -0.2) is 0 Å². The molecule has 0 amide bonds. The molecule has 0 bridgehead atoms. The largest absolute Gasteiger partial charge is 0.468 e.